The number of carbonyl (C=O) groups excluding carboxylic acids is 2. The predicted octanol–water partition coefficient (Wildman–Crippen LogP) is 1.40. The van der Waals surface area contributed by atoms with E-state index in [2.05, 4.69) is 25.7 Å². The van der Waals surface area contributed by atoms with Gasteiger partial charge in [0.1, 0.15) is 12.4 Å². The fourth-order valence-electron chi connectivity index (χ4n) is 4.94. The van der Waals surface area contributed by atoms with Crippen molar-refractivity contribution in [1.82, 2.24) is 25.4 Å². The first-order valence-electron chi connectivity index (χ1n) is 11.7. The number of halogens is 1. The van der Waals surface area contributed by atoms with E-state index >= 15 is 4.39 Å². The van der Waals surface area contributed by atoms with Crippen LogP contribution in [-0.4, -0.2) is 76.3 Å². The number of hydrogen-bond acceptors (Lipinski definition) is 9. The van der Waals surface area contributed by atoms with Crippen LogP contribution in [0.5, 0.6) is 0 Å². The Morgan fingerprint density at radius 3 is 2.94 bits per heavy atom. The molecular formula is C22H32FN7O4. The Kier molecular flexibility index (Phi) is 7.66. The predicted molar refractivity (Wildman–Crippen MR) is 121 cm³/mol. The number of rotatable bonds is 9. The van der Waals surface area contributed by atoms with E-state index in [9.17, 15) is 14.8 Å². The first-order valence-corrected chi connectivity index (χ1v) is 11.7. The lowest BCUT2D eigenvalue weighted by Gasteiger charge is -2.42. The first-order chi connectivity index (χ1) is 16.4. The highest BCUT2D eigenvalue weighted by Gasteiger charge is 2.31. The lowest BCUT2D eigenvalue weighted by Crippen LogP contribution is -2.54. The number of nitrogens with zero attached hydrogens (tertiary/aromatic N) is 5. The molecule has 0 aromatic carbocycles. The third-order valence-electron chi connectivity index (χ3n) is 6.71. The number of amides is 2. The van der Waals surface area contributed by atoms with Crippen LogP contribution in [0.3, 0.4) is 0 Å². The van der Waals surface area contributed by atoms with E-state index in [1.807, 2.05) is 11.1 Å². The molecule has 2 unspecified atom stereocenters. The highest BCUT2D eigenvalue weighted by atomic mass is 19.1. The molecule has 11 nitrogen and oxygen atoms in total. The molecular weight excluding hydrogens is 445 g/mol. The molecule has 1 saturated carbocycles. The minimum atomic E-state index is -0.657. The van der Waals surface area contributed by atoms with Gasteiger partial charge in [-0.15, -0.1) is 0 Å². The van der Waals surface area contributed by atoms with Gasteiger partial charge in [0.15, 0.2) is 11.6 Å². The van der Waals surface area contributed by atoms with Gasteiger partial charge in [0.25, 0.3) is 0 Å². The number of piperazine rings is 1. The van der Waals surface area contributed by atoms with Crippen LogP contribution in [0.1, 0.15) is 37.9 Å². The molecule has 4 rings (SSSR count). The Bertz CT molecular complexity index is 911. The van der Waals surface area contributed by atoms with E-state index in [-0.39, 0.29) is 30.6 Å². The van der Waals surface area contributed by atoms with Gasteiger partial charge in [-0.3, -0.25) is 25.6 Å². The van der Waals surface area contributed by atoms with Gasteiger partial charge in [-0.05, 0) is 19.3 Å². The molecule has 2 atom stereocenters. The summed E-state index contributed by atoms with van der Waals surface area (Å²) in [4.78, 5) is 36.2. The number of hydrazine groups is 1. The Morgan fingerprint density at radius 2 is 2.18 bits per heavy atom. The molecule has 12 heteroatoms. The summed E-state index contributed by atoms with van der Waals surface area (Å²) in [5, 5.41) is 10.1. The highest BCUT2D eigenvalue weighted by molar-refractivity contribution is 5.80. The normalized spacial score (nSPS) is 21.0. The van der Waals surface area contributed by atoms with Crippen molar-refractivity contribution in [3.63, 3.8) is 0 Å². The van der Waals surface area contributed by atoms with Crippen LogP contribution in [-0.2, 0) is 14.3 Å². The number of fused-ring (bicyclic) bond motifs is 1. The summed E-state index contributed by atoms with van der Waals surface area (Å²) < 4.78 is 20.8. The summed E-state index contributed by atoms with van der Waals surface area (Å²) in [6.45, 7) is 3.89. The van der Waals surface area contributed by atoms with Gasteiger partial charge < -0.3 is 14.5 Å². The number of carbonyl (C=O) groups is 2. The van der Waals surface area contributed by atoms with Crippen molar-refractivity contribution < 1.29 is 23.9 Å². The summed E-state index contributed by atoms with van der Waals surface area (Å²) in [5.41, 5.74) is 5.12. The van der Waals surface area contributed by atoms with Crippen LogP contribution in [0, 0.1) is 24.6 Å². The Hall–Kier alpha value is -3.15. The van der Waals surface area contributed by atoms with Crippen molar-refractivity contribution in [2.75, 3.05) is 43.1 Å². The third kappa shape index (κ3) is 5.66. The Labute approximate surface area is 197 Å². The molecule has 1 aromatic rings. The van der Waals surface area contributed by atoms with Crippen LogP contribution in [0.25, 0.3) is 0 Å². The van der Waals surface area contributed by atoms with Gasteiger partial charge in [0.2, 0.25) is 18.1 Å². The minimum Gasteiger partial charge on any atom is -0.497 e. The molecule has 2 aliphatic heterocycles. The zero-order chi connectivity index (χ0) is 24.1. The van der Waals surface area contributed by atoms with E-state index in [4.69, 9.17) is 4.74 Å². The fraction of sp³-hybridized carbons (Fsp3) is 0.636. The van der Waals surface area contributed by atoms with Gasteiger partial charge in [-0.1, -0.05) is 25.7 Å². The molecule has 3 heterocycles. The van der Waals surface area contributed by atoms with Gasteiger partial charge >= 0.3 is 0 Å². The number of aryl methyl sites for hydroxylation is 1. The second-order valence-corrected chi connectivity index (χ2v) is 9.14. The summed E-state index contributed by atoms with van der Waals surface area (Å²) >= 11 is 0. The van der Waals surface area contributed by atoms with Crippen molar-refractivity contribution in [1.29, 1.82) is 0 Å². The molecule has 186 valence electrons. The second-order valence-electron chi connectivity index (χ2n) is 9.14. The zero-order valence-corrected chi connectivity index (χ0v) is 19.3. The number of hydroxylamine groups is 2. The molecule has 1 aliphatic carbocycles. The van der Waals surface area contributed by atoms with Crippen LogP contribution < -0.4 is 15.8 Å². The summed E-state index contributed by atoms with van der Waals surface area (Å²) in [6.07, 6.45) is 8.63. The van der Waals surface area contributed by atoms with E-state index < -0.39 is 17.6 Å². The summed E-state index contributed by atoms with van der Waals surface area (Å²) in [7, 11) is 0. The minimum absolute atomic E-state index is 0.0973. The number of anilines is 2. The van der Waals surface area contributed by atoms with Gasteiger partial charge in [0, 0.05) is 25.8 Å². The average Bonchev–Trinajstić information content (AvgIpc) is 3.36. The molecule has 1 saturated heterocycles. The molecule has 34 heavy (non-hydrogen) atoms. The Balaban J connectivity index is 1.43. The maximum atomic E-state index is 15.4. The van der Waals surface area contributed by atoms with Crippen molar-refractivity contribution in [2.24, 2.45) is 11.8 Å². The zero-order valence-electron chi connectivity index (χ0n) is 19.3. The average molecular weight is 478 g/mol. The summed E-state index contributed by atoms with van der Waals surface area (Å²) in [6, 6.07) is 0.0973. The third-order valence-corrected chi connectivity index (χ3v) is 6.71. The molecule has 2 fully saturated rings. The Morgan fingerprint density at radius 1 is 1.38 bits per heavy atom. The molecule has 0 radical (unpaired) electrons. The SMILES string of the molecule is Cc1nc(NNC(=O)C(CC2CCCC2)CN(O)C=O)c(F)c(N2CCN3C=COCC3C2)n1. The van der Waals surface area contributed by atoms with Crippen LogP contribution in [0.15, 0.2) is 12.5 Å². The molecule has 3 N–H and O–H groups in total. The number of hydrogen-bond donors (Lipinski definition) is 3. The monoisotopic (exact) mass is 477 g/mol. The van der Waals surface area contributed by atoms with E-state index in [0.717, 1.165) is 25.7 Å². The summed E-state index contributed by atoms with van der Waals surface area (Å²) in [5.74, 6) is -0.973. The van der Waals surface area contributed by atoms with E-state index in [0.29, 0.717) is 49.5 Å². The molecule has 0 spiro atoms. The van der Waals surface area contributed by atoms with E-state index in [1.165, 1.54) is 0 Å². The lowest BCUT2D eigenvalue weighted by molar-refractivity contribution is -0.154. The van der Waals surface area contributed by atoms with Gasteiger partial charge in [-0.2, -0.15) is 4.39 Å². The number of nitrogens with one attached hydrogen (secondary N) is 2. The standard InChI is InChI=1S/C22H32FN7O4/c1-15-24-20(19(23)21(25-15)29-7-6-28-8-9-34-13-18(28)12-29)26-27-22(32)17(11-30(33)14-31)10-16-4-2-3-5-16/h8-9,14,16-18,33H,2-7,10-13H2,1H3,(H,27,32)(H,24,25,26). The molecule has 2 amide bonds. The van der Waals surface area contributed by atoms with Crippen molar-refractivity contribution in [3.05, 3.63) is 24.1 Å². The van der Waals surface area contributed by atoms with Crippen molar-refractivity contribution >= 4 is 24.0 Å². The van der Waals surface area contributed by atoms with Crippen LogP contribution in [0.4, 0.5) is 16.0 Å². The molecule has 3 aliphatic rings. The van der Waals surface area contributed by atoms with Crippen molar-refractivity contribution in [2.45, 2.75) is 45.1 Å². The first kappa shape index (κ1) is 24.0. The van der Waals surface area contributed by atoms with Gasteiger partial charge in [-0.25, -0.2) is 15.0 Å². The largest absolute Gasteiger partial charge is 0.497 e. The van der Waals surface area contributed by atoms with Gasteiger partial charge in [0.05, 0.1) is 24.8 Å². The van der Waals surface area contributed by atoms with E-state index in [1.54, 1.807) is 13.2 Å². The highest BCUT2D eigenvalue weighted by Crippen LogP contribution is 2.31. The quantitative estimate of drug-likeness (QED) is 0.275. The maximum Gasteiger partial charge on any atom is 0.243 e. The maximum absolute atomic E-state index is 15.4. The number of aromatic nitrogens is 2. The topological polar surface area (TPSA) is 123 Å². The fourth-order valence-corrected chi connectivity index (χ4v) is 4.94. The number of ether oxygens (including phenoxy) is 1. The molecule has 1 aromatic heterocycles. The van der Waals surface area contributed by atoms with Crippen LogP contribution in [0.2, 0.25) is 0 Å². The molecule has 0 bridgehead atoms. The van der Waals surface area contributed by atoms with Crippen molar-refractivity contribution in [3.8, 4) is 0 Å². The van der Waals surface area contributed by atoms with Crippen LogP contribution >= 0.6 is 0 Å². The lowest BCUT2D eigenvalue weighted by atomic mass is 9.92. The second kappa shape index (κ2) is 10.9. The smallest absolute Gasteiger partial charge is 0.243 e.